The Kier molecular flexibility index (Phi) is 4.38. The van der Waals surface area contributed by atoms with Gasteiger partial charge in [0.2, 0.25) is 0 Å². The van der Waals surface area contributed by atoms with Crippen LogP contribution in [-0.2, 0) is 12.8 Å². The lowest BCUT2D eigenvalue weighted by Crippen LogP contribution is -2.15. The summed E-state index contributed by atoms with van der Waals surface area (Å²) in [5.41, 5.74) is 5.19. The molecule has 124 valence electrons. The molecule has 1 saturated carbocycles. The van der Waals surface area contributed by atoms with E-state index >= 15 is 0 Å². The van der Waals surface area contributed by atoms with Crippen LogP contribution in [0, 0.1) is 5.92 Å². The van der Waals surface area contributed by atoms with Gasteiger partial charge in [-0.3, -0.25) is 0 Å². The van der Waals surface area contributed by atoms with Gasteiger partial charge in [-0.2, -0.15) is 0 Å². The average molecular weight is 318 g/mol. The van der Waals surface area contributed by atoms with Gasteiger partial charge in [0, 0.05) is 6.42 Å². The second-order valence-corrected chi connectivity index (χ2v) is 7.22. The van der Waals surface area contributed by atoms with E-state index in [-0.39, 0.29) is 0 Å². The highest BCUT2D eigenvalue weighted by Gasteiger charge is 2.23. The van der Waals surface area contributed by atoms with E-state index in [0.717, 1.165) is 30.2 Å². The maximum absolute atomic E-state index is 4.84. The molecule has 2 aromatic carbocycles. The van der Waals surface area contributed by atoms with E-state index in [9.17, 15) is 0 Å². The van der Waals surface area contributed by atoms with E-state index in [1.165, 1.54) is 48.2 Å². The van der Waals surface area contributed by atoms with Gasteiger partial charge in [0.25, 0.3) is 0 Å². The quantitative estimate of drug-likeness (QED) is 0.662. The minimum absolute atomic E-state index is 0.755. The largest absolute Gasteiger partial charge is 0.342 e. The number of aromatic amines is 1. The zero-order valence-electron chi connectivity index (χ0n) is 14.5. The Morgan fingerprint density at radius 2 is 1.79 bits per heavy atom. The summed E-state index contributed by atoms with van der Waals surface area (Å²) < 4.78 is 0. The van der Waals surface area contributed by atoms with Crippen LogP contribution in [0.4, 0.5) is 0 Å². The van der Waals surface area contributed by atoms with Crippen molar-refractivity contribution in [1.29, 1.82) is 0 Å². The number of aryl methyl sites for hydroxylation is 1. The second kappa shape index (κ2) is 6.80. The summed E-state index contributed by atoms with van der Waals surface area (Å²) in [4.78, 5) is 8.36. The van der Waals surface area contributed by atoms with Crippen LogP contribution >= 0.6 is 0 Å². The van der Waals surface area contributed by atoms with E-state index < -0.39 is 0 Å². The Labute approximate surface area is 144 Å². The molecular formula is C22H26N2. The van der Waals surface area contributed by atoms with Crippen LogP contribution in [0.1, 0.15) is 55.5 Å². The fraction of sp³-hybridized carbons (Fsp3) is 0.409. The number of aromatic nitrogens is 2. The Morgan fingerprint density at radius 3 is 2.54 bits per heavy atom. The zero-order chi connectivity index (χ0) is 16.4. The molecule has 0 bridgehead atoms. The number of H-pyrrole nitrogens is 1. The minimum atomic E-state index is 0.755. The Bertz CT molecular complexity index is 795. The number of nitrogens with zero attached hydrogens (tertiary/aromatic N) is 1. The van der Waals surface area contributed by atoms with Crippen LogP contribution < -0.4 is 0 Å². The Morgan fingerprint density at radius 1 is 1.00 bits per heavy atom. The molecule has 24 heavy (non-hydrogen) atoms. The van der Waals surface area contributed by atoms with Crippen molar-refractivity contribution in [3.63, 3.8) is 0 Å². The number of hydrogen-bond donors (Lipinski definition) is 1. The zero-order valence-corrected chi connectivity index (χ0v) is 14.5. The highest BCUT2D eigenvalue weighted by molar-refractivity contribution is 5.75. The van der Waals surface area contributed by atoms with E-state index in [1.54, 1.807) is 0 Å². The molecule has 0 spiro atoms. The third kappa shape index (κ3) is 3.24. The topological polar surface area (TPSA) is 28.7 Å². The molecule has 0 amide bonds. The molecule has 2 heteroatoms. The van der Waals surface area contributed by atoms with Crippen molar-refractivity contribution in [3.05, 3.63) is 65.5 Å². The maximum Gasteiger partial charge on any atom is 0.107 e. The van der Waals surface area contributed by atoms with Crippen molar-refractivity contribution in [3.8, 4) is 0 Å². The van der Waals surface area contributed by atoms with E-state index in [0.29, 0.717) is 0 Å². The molecule has 1 N–H and O–H groups in total. The van der Waals surface area contributed by atoms with E-state index in [4.69, 9.17) is 4.98 Å². The highest BCUT2D eigenvalue weighted by Crippen LogP contribution is 2.36. The first kappa shape index (κ1) is 15.4. The van der Waals surface area contributed by atoms with Gasteiger partial charge >= 0.3 is 0 Å². The van der Waals surface area contributed by atoms with Crippen LogP contribution in [0.2, 0.25) is 0 Å². The summed E-state index contributed by atoms with van der Waals surface area (Å²) in [7, 11) is 0. The van der Waals surface area contributed by atoms with Crippen LogP contribution in [0.3, 0.4) is 0 Å². The predicted molar refractivity (Wildman–Crippen MR) is 100 cm³/mol. The van der Waals surface area contributed by atoms with Crippen LogP contribution in [-0.4, -0.2) is 9.97 Å². The van der Waals surface area contributed by atoms with Crippen molar-refractivity contribution in [2.75, 3.05) is 0 Å². The molecule has 1 aromatic heterocycles. The van der Waals surface area contributed by atoms with Gasteiger partial charge in [-0.05, 0) is 67.2 Å². The van der Waals surface area contributed by atoms with Gasteiger partial charge < -0.3 is 4.98 Å². The molecule has 1 fully saturated rings. The highest BCUT2D eigenvalue weighted by atomic mass is 14.9. The summed E-state index contributed by atoms with van der Waals surface area (Å²) >= 11 is 0. The van der Waals surface area contributed by atoms with E-state index in [2.05, 4.69) is 60.4 Å². The summed E-state index contributed by atoms with van der Waals surface area (Å²) in [5, 5.41) is 0. The standard InChI is InChI=1S/C22H26N2/c1-2-16-10-13-20-21(14-16)24-22(23-20)15-17-8-11-19(12-9-17)18-6-4-3-5-7-18/h3-7,10,13-14,17,19H,2,8-9,11-12,15H2,1H3,(H,23,24)/t17-,19-. The number of fused-ring (bicyclic) bond motifs is 1. The molecule has 0 unspecified atom stereocenters. The number of rotatable bonds is 4. The molecule has 1 heterocycles. The number of benzene rings is 2. The van der Waals surface area contributed by atoms with Crippen molar-refractivity contribution in [1.82, 2.24) is 9.97 Å². The van der Waals surface area contributed by atoms with Crippen molar-refractivity contribution >= 4 is 11.0 Å². The molecule has 4 rings (SSSR count). The predicted octanol–water partition coefficient (Wildman–Crippen LogP) is 5.64. The SMILES string of the molecule is CCc1ccc2[nH]c(C[C@H]3CC[C@H](c4ccccc4)CC3)nc2c1. The normalized spacial score (nSPS) is 21.2. The maximum atomic E-state index is 4.84. The molecule has 0 atom stereocenters. The van der Waals surface area contributed by atoms with Crippen molar-refractivity contribution in [2.24, 2.45) is 5.92 Å². The summed E-state index contributed by atoms with van der Waals surface area (Å²) in [6, 6.07) is 17.6. The van der Waals surface area contributed by atoms with Gasteiger partial charge in [0.1, 0.15) is 5.82 Å². The van der Waals surface area contributed by atoms with Crippen molar-refractivity contribution in [2.45, 2.75) is 51.4 Å². The van der Waals surface area contributed by atoms with Gasteiger partial charge in [-0.25, -0.2) is 4.98 Å². The van der Waals surface area contributed by atoms with Gasteiger partial charge in [-0.1, -0.05) is 43.3 Å². The molecule has 2 nitrogen and oxygen atoms in total. The fourth-order valence-corrected chi connectivity index (χ4v) is 4.12. The average Bonchev–Trinajstić information content (AvgIpc) is 3.04. The number of imidazole rings is 1. The fourth-order valence-electron chi connectivity index (χ4n) is 4.12. The third-order valence-corrected chi connectivity index (χ3v) is 5.60. The number of nitrogens with one attached hydrogen (secondary N) is 1. The molecule has 0 aliphatic heterocycles. The lowest BCUT2D eigenvalue weighted by atomic mass is 9.77. The van der Waals surface area contributed by atoms with Gasteiger partial charge in [0.15, 0.2) is 0 Å². The molecular weight excluding hydrogens is 292 g/mol. The summed E-state index contributed by atoms with van der Waals surface area (Å²) in [6.45, 7) is 2.19. The molecule has 0 radical (unpaired) electrons. The first-order valence-corrected chi connectivity index (χ1v) is 9.34. The Balaban J connectivity index is 1.40. The lowest BCUT2D eigenvalue weighted by molar-refractivity contribution is 0.321. The van der Waals surface area contributed by atoms with Gasteiger partial charge in [-0.15, -0.1) is 0 Å². The van der Waals surface area contributed by atoms with Crippen LogP contribution in [0.25, 0.3) is 11.0 Å². The monoisotopic (exact) mass is 318 g/mol. The van der Waals surface area contributed by atoms with Crippen molar-refractivity contribution < 1.29 is 0 Å². The van der Waals surface area contributed by atoms with Crippen LogP contribution in [0.5, 0.6) is 0 Å². The smallest absolute Gasteiger partial charge is 0.107 e. The van der Waals surface area contributed by atoms with Gasteiger partial charge in [0.05, 0.1) is 11.0 Å². The second-order valence-electron chi connectivity index (χ2n) is 7.22. The summed E-state index contributed by atoms with van der Waals surface area (Å²) in [5.74, 6) is 2.70. The molecule has 0 saturated heterocycles. The lowest BCUT2D eigenvalue weighted by Gasteiger charge is -2.28. The first-order valence-electron chi connectivity index (χ1n) is 9.34. The molecule has 1 aliphatic rings. The molecule has 3 aromatic rings. The first-order chi connectivity index (χ1) is 11.8. The number of hydrogen-bond acceptors (Lipinski definition) is 1. The Hall–Kier alpha value is -2.09. The minimum Gasteiger partial charge on any atom is -0.342 e. The van der Waals surface area contributed by atoms with E-state index in [1.807, 2.05) is 0 Å². The third-order valence-electron chi connectivity index (χ3n) is 5.60. The van der Waals surface area contributed by atoms with Crippen LogP contribution in [0.15, 0.2) is 48.5 Å². The summed E-state index contributed by atoms with van der Waals surface area (Å²) in [6.07, 6.45) is 7.43. The molecule has 1 aliphatic carbocycles.